The second-order valence-electron chi connectivity index (χ2n) is 20.0. The summed E-state index contributed by atoms with van der Waals surface area (Å²) in [6.07, 6.45) is 4.24. The van der Waals surface area contributed by atoms with E-state index in [4.69, 9.17) is 4.74 Å². The highest BCUT2D eigenvalue weighted by Crippen LogP contribution is 2.52. The third-order valence-corrected chi connectivity index (χ3v) is 15.5. The highest BCUT2D eigenvalue weighted by molar-refractivity contribution is 6.13. The van der Waals surface area contributed by atoms with Gasteiger partial charge < -0.3 is 19.4 Å². The number of piperidine rings is 3. The molecule has 5 aliphatic rings. The van der Waals surface area contributed by atoms with Crippen molar-refractivity contribution in [3.63, 3.8) is 0 Å². The zero-order valence-electron chi connectivity index (χ0n) is 40.7. The molecule has 2 spiro atoms. The van der Waals surface area contributed by atoms with Gasteiger partial charge in [-0.15, -0.1) is 0 Å². The average molecular weight is 1030 g/mol. The number of pyridine rings is 4. The Labute approximate surface area is 425 Å². The Morgan fingerprint density at radius 1 is 0.554 bits per heavy atom. The number of fused-ring (bicyclic) bond motifs is 8. The minimum Gasteiger partial charge on any atom is -0.478 e. The third kappa shape index (κ3) is 10.4. The summed E-state index contributed by atoms with van der Waals surface area (Å²) < 4.78 is 96.9. The molecule has 392 valence electrons. The molecule has 3 saturated heterocycles. The molecule has 4 aromatic heterocycles. The molecule has 9 heterocycles. The Balaban J connectivity index is 0.000000185. The zero-order valence-corrected chi connectivity index (χ0v) is 40.7. The number of likely N-dealkylation sites (N-methyl/N-ethyl adjacent to an activating group) is 2. The van der Waals surface area contributed by atoms with Crippen molar-refractivity contribution in [3.05, 3.63) is 103 Å². The van der Waals surface area contributed by atoms with Gasteiger partial charge in [0.15, 0.2) is 0 Å². The summed E-state index contributed by atoms with van der Waals surface area (Å²) in [6.45, 7) is 2.91. The van der Waals surface area contributed by atoms with Gasteiger partial charge in [0.25, 0.3) is 0 Å². The van der Waals surface area contributed by atoms with Crippen LogP contribution in [-0.4, -0.2) is 138 Å². The maximum Gasteiger partial charge on any atom is 0.401 e. The summed E-state index contributed by atoms with van der Waals surface area (Å²) in [5.41, 5.74) is 6.20. The van der Waals surface area contributed by atoms with Crippen LogP contribution in [0.2, 0.25) is 0 Å². The van der Waals surface area contributed by atoms with Gasteiger partial charge in [0, 0.05) is 72.1 Å². The summed E-state index contributed by atoms with van der Waals surface area (Å²) in [7, 11) is 3.41. The van der Waals surface area contributed by atoms with Crippen LogP contribution in [0.5, 0.6) is 5.88 Å². The summed E-state index contributed by atoms with van der Waals surface area (Å²) >= 11 is 0. The molecule has 2 aromatic carbocycles. The first kappa shape index (κ1) is 52.5. The molecule has 19 heteroatoms. The number of alkyl halides is 6. The molecule has 0 radical (unpaired) electrons. The van der Waals surface area contributed by atoms with Crippen LogP contribution in [0.15, 0.2) is 85.5 Å². The van der Waals surface area contributed by atoms with Crippen LogP contribution in [0.3, 0.4) is 0 Å². The van der Waals surface area contributed by atoms with E-state index in [1.165, 1.54) is 54.4 Å². The number of nitrogens with zero attached hydrogens (tertiary/aromatic N) is 9. The summed E-state index contributed by atoms with van der Waals surface area (Å²) in [4.78, 5) is 52.7. The van der Waals surface area contributed by atoms with Crippen LogP contribution >= 0.6 is 0 Å². The fourth-order valence-corrected chi connectivity index (χ4v) is 11.8. The van der Waals surface area contributed by atoms with Gasteiger partial charge in [-0.05, 0) is 138 Å². The largest absolute Gasteiger partial charge is 0.478 e. The number of anilines is 2. The van der Waals surface area contributed by atoms with E-state index in [0.717, 1.165) is 68.3 Å². The number of halogens is 7. The van der Waals surface area contributed by atoms with E-state index in [9.17, 15) is 40.3 Å². The van der Waals surface area contributed by atoms with Crippen LogP contribution < -0.4 is 14.5 Å². The van der Waals surface area contributed by atoms with Gasteiger partial charge in [0.05, 0.1) is 65.3 Å². The monoisotopic (exact) mass is 1030 g/mol. The van der Waals surface area contributed by atoms with Crippen molar-refractivity contribution in [2.75, 3.05) is 89.4 Å². The van der Waals surface area contributed by atoms with Gasteiger partial charge in [-0.3, -0.25) is 29.4 Å². The molecule has 0 unspecified atom stereocenters. The van der Waals surface area contributed by atoms with Gasteiger partial charge in [-0.1, -0.05) is 26.0 Å². The molecule has 3 fully saturated rings. The van der Waals surface area contributed by atoms with Crippen molar-refractivity contribution in [2.24, 2.45) is 0 Å². The first-order valence-electron chi connectivity index (χ1n) is 24.9. The maximum atomic E-state index is 13.6. The number of carbonyl (C=O) groups is 2. The van der Waals surface area contributed by atoms with E-state index in [1.54, 1.807) is 48.6 Å². The maximum absolute atomic E-state index is 13.6. The third-order valence-electron chi connectivity index (χ3n) is 15.5. The van der Waals surface area contributed by atoms with E-state index in [1.807, 2.05) is 48.5 Å². The minimum atomic E-state index is -4.27. The fraction of sp³-hybridized carbons (Fsp3) is 0.455. The number of rotatable bonds is 9. The Morgan fingerprint density at radius 2 is 1.01 bits per heavy atom. The Kier molecular flexibility index (Phi) is 14.8. The van der Waals surface area contributed by atoms with Gasteiger partial charge in [-0.25, -0.2) is 9.97 Å². The molecule has 0 N–H and O–H groups in total. The van der Waals surface area contributed by atoms with E-state index in [-0.39, 0.29) is 45.4 Å². The lowest BCUT2D eigenvalue weighted by Gasteiger charge is -2.38. The minimum absolute atomic E-state index is 0. The average Bonchev–Trinajstić information content (AvgIpc) is 3.72. The number of hydrogen-bond acceptors (Lipinski definition) is 10. The Hall–Kier alpha value is -6.31. The summed E-state index contributed by atoms with van der Waals surface area (Å²) in [6, 6.07) is 18.3. The quantitative estimate of drug-likeness (QED) is 0.0789. The standard InChI is InChI=1S/C31H36F3N5O2.C23H20F4N4O.CH4/c1-37-26-20-35-25-8-6-22(23-7-9-27(36-19-23)41-17-5-14-38-12-3-2-4-13-38)18-24(25)28(26)30(29(37)40)10-15-39(16-11-30)21-31(32,33)34;1-30-18-12-28-17-4-2-14(15-3-5-19(24)29-11-15)10-16(17)20(18)22(21(30)32)6-8-31(9-7-22)13-23(25,26)27;/h6-9,18-20H,2-5,10-17,21H2,1H3;2-5,10-12H,6-9,13H2,1H3;1H4. The van der Waals surface area contributed by atoms with Crippen molar-refractivity contribution < 1.29 is 45.1 Å². The van der Waals surface area contributed by atoms with Gasteiger partial charge in [0.2, 0.25) is 23.6 Å². The fourth-order valence-electron chi connectivity index (χ4n) is 11.8. The lowest BCUT2D eigenvalue weighted by Crippen LogP contribution is -2.50. The first-order valence-corrected chi connectivity index (χ1v) is 24.9. The SMILES string of the molecule is C.CN1C(=O)C2(CCN(CC(F)(F)F)CC2)c2c1cnc1ccc(-c3ccc(F)nc3)cc21.CN1C(=O)C2(CCN(CC(F)(F)F)CC2)c2c1cnc1ccc(-c3ccc(OCCCN4CCCCC4)nc3)cc21. The van der Waals surface area contributed by atoms with E-state index in [0.29, 0.717) is 49.4 Å². The van der Waals surface area contributed by atoms with Gasteiger partial charge in [-0.2, -0.15) is 30.7 Å². The topological polar surface area (TPSA) is 111 Å². The smallest absolute Gasteiger partial charge is 0.401 e. The van der Waals surface area contributed by atoms with Gasteiger partial charge >= 0.3 is 12.4 Å². The van der Waals surface area contributed by atoms with Crippen LogP contribution in [0.25, 0.3) is 44.1 Å². The first-order chi connectivity index (χ1) is 34.9. The van der Waals surface area contributed by atoms with E-state index >= 15 is 0 Å². The lowest BCUT2D eigenvalue weighted by atomic mass is 9.72. The number of likely N-dealkylation sites (tertiary alicyclic amines) is 3. The van der Waals surface area contributed by atoms with E-state index in [2.05, 4.69) is 24.8 Å². The van der Waals surface area contributed by atoms with Crippen molar-refractivity contribution in [1.82, 2.24) is 34.6 Å². The molecule has 0 bridgehead atoms. The van der Waals surface area contributed by atoms with E-state index < -0.39 is 42.2 Å². The number of ether oxygens (including phenoxy) is 1. The molecule has 74 heavy (non-hydrogen) atoms. The number of carbonyl (C=O) groups excluding carboxylic acids is 2. The Morgan fingerprint density at radius 3 is 1.45 bits per heavy atom. The second kappa shape index (κ2) is 20.8. The lowest BCUT2D eigenvalue weighted by molar-refractivity contribution is -0.151. The highest BCUT2D eigenvalue weighted by atomic mass is 19.4. The molecule has 6 aromatic rings. The normalized spacial score (nSPS) is 18.9. The van der Waals surface area contributed by atoms with Crippen molar-refractivity contribution in [3.8, 4) is 28.1 Å². The zero-order chi connectivity index (χ0) is 51.3. The molecule has 0 atom stereocenters. The van der Waals surface area contributed by atoms with Crippen molar-refractivity contribution in [2.45, 2.75) is 82.0 Å². The number of aromatic nitrogens is 4. The molecular weight excluding hydrogens is 968 g/mol. The molecular formula is C55H60F7N9O3. The number of amides is 2. The van der Waals surface area contributed by atoms with Crippen LogP contribution in [0, 0.1) is 5.95 Å². The molecule has 0 saturated carbocycles. The molecule has 12 nitrogen and oxygen atoms in total. The summed E-state index contributed by atoms with van der Waals surface area (Å²) in [5, 5.41) is 1.64. The van der Waals surface area contributed by atoms with Crippen molar-refractivity contribution in [1.29, 1.82) is 0 Å². The number of benzene rings is 2. The molecule has 11 rings (SSSR count). The van der Waals surface area contributed by atoms with Crippen LogP contribution in [-0.2, 0) is 20.4 Å². The summed E-state index contributed by atoms with van der Waals surface area (Å²) in [5.74, 6) is -0.161. The molecule has 5 aliphatic heterocycles. The highest BCUT2D eigenvalue weighted by Gasteiger charge is 2.54. The number of hydrogen-bond donors (Lipinski definition) is 0. The second-order valence-corrected chi connectivity index (χ2v) is 20.0. The van der Waals surface area contributed by atoms with Crippen LogP contribution in [0.1, 0.15) is 69.9 Å². The predicted octanol–water partition coefficient (Wildman–Crippen LogP) is 10.4. The predicted molar refractivity (Wildman–Crippen MR) is 271 cm³/mol. The molecule has 0 aliphatic carbocycles. The Bertz CT molecular complexity index is 3000. The van der Waals surface area contributed by atoms with Crippen LogP contribution in [0.4, 0.5) is 42.1 Å². The van der Waals surface area contributed by atoms with Crippen molar-refractivity contribution >= 4 is 45.0 Å². The molecule has 2 amide bonds. The van der Waals surface area contributed by atoms with Gasteiger partial charge in [0.1, 0.15) is 0 Å².